The van der Waals surface area contributed by atoms with Gasteiger partial charge in [-0.2, -0.15) is 0 Å². The number of hydrogen-bond donors (Lipinski definition) is 0. The molecule has 86 valence electrons. The maximum Gasteiger partial charge on any atom is 0.361 e. The maximum absolute atomic E-state index is 13.3. The summed E-state index contributed by atoms with van der Waals surface area (Å²) in [7, 11) is 0. The summed E-state index contributed by atoms with van der Waals surface area (Å²) < 4.78 is 19.0. The molecule has 2 aromatic carbocycles. The van der Waals surface area contributed by atoms with E-state index < -0.39 is 0 Å². The Hall–Kier alpha value is -2.12. The van der Waals surface area contributed by atoms with Gasteiger partial charge in [-0.05, 0) is 23.2 Å². The molecule has 0 amide bonds. The third kappa shape index (κ3) is 1.79. The van der Waals surface area contributed by atoms with Crippen LogP contribution in [0.15, 0.2) is 42.5 Å². The molecule has 0 spiro atoms. The van der Waals surface area contributed by atoms with Gasteiger partial charge in [0.05, 0.1) is 13.2 Å². The number of rotatable bonds is 1. The minimum Gasteiger partial charge on any atom is -0.423 e. The lowest BCUT2D eigenvalue weighted by Crippen LogP contribution is -2.41. The summed E-state index contributed by atoms with van der Waals surface area (Å²) in [4.78, 5) is 3.40. The fourth-order valence-corrected chi connectivity index (χ4v) is 2.24. The van der Waals surface area contributed by atoms with E-state index in [1.807, 2.05) is 12.1 Å². The first-order valence-electron chi connectivity index (χ1n) is 5.65. The zero-order valence-corrected chi connectivity index (χ0v) is 9.56. The van der Waals surface area contributed by atoms with E-state index in [9.17, 15) is 4.39 Å². The van der Waals surface area contributed by atoms with E-state index in [0.29, 0.717) is 12.3 Å². The van der Waals surface area contributed by atoms with Gasteiger partial charge >= 0.3 is 6.92 Å². The number of nitrogens with zero attached hydrogens (tertiary/aromatic N) is 1. The molecule has 0 fully saturated rings. The van der Waals surface area contributed by atoms with E-state index in [4.69, 9.17) is 11.2 Å². The van der Waals surface area contributed by atoms with Crippen LogP contribution in [0.25, 0.3) is 4.85 Å². The van der Waals surface area contributed by atoms with E-state index >= 15 is 0 Å². The lowest BCUT2D eigenvalue weighted by molar-refractivity contribution is 0.337. The second-order valence-electron chi connectivity index (χ2n) is 4.24. The van der Waals surface area contributed by atoms with Gasteiger partial charge in [-0.1, -0.05) is 35.8 Å². The number of benzene rings is 2. The van der Waals surface area contributed by atoms with Crippen molar-refractivity contribution < 1.29 is 9.04 Å². The van der Waals surface area contributed by atoms with Crippen molar-refractivity contribution in [3.8, 4) is 0 Å². The summed E-state index contributed by atoms with van der Waals surface area (Å²) in [5.74, 6) is -0.259. The summed E-state index contributed by atoms with van der Waals surface area (Å²) >= 11 is 0. The monoisotopic (exact) mass is 237 g/mol. The molecule has 2 aromatic rings. The molecule has 0 aliphatic carbocycles. The van der Waals surface area contributed by atoms with Crippen molar-refractivity contribution in [2.45, 2.75) is 6.61 Å². The van der Waals surface area contributed by atoms with Gasteiger partial charge in [-0.25, -0.2) is 9.24 Å². The Balaban J connectivity index is 2.06. The van der Waals surface area contributed by atoms with Crippen molar-refractivity contribution in [2.75, 3.05) is 0 Å². The fourth-order valence-electron chi connectivity index (χ4n) is 2.24. The predicted octanol–water partition coefficient (Wildman–Crippen LogP) is 2.01. The van der Waals surface area contributed by atoms with Crippen molar-refractivity contribution in [3.63, 3.8) is 0 Å². The van der Waals surface area contributed by atoms with Crippen LogP contribution in [-0.2, 0) is 11.3 Å². The molecule has 1 aliphatic rings. The normalized spacial score (nSPS) is 13.2. The molecular weight excluding hydrogens is 228 g/mol. The summed E-state index contributed by atoms with van der Waals surface area (Å²) in [6.45, 7) is 7.24. The van der Waals surface area contributed by atoms with Crippen LogP contribution < -0.4 is 10.9 Å². The van der Waals surface area contributed by atoms with Gasteiger partial charge in [0.25, 0.3) is 0 Å². The van der Waals surface area contributed by atoms with E-state index in [1.165, 1.54) is 12.1 Å². The number of hydrogen-bond acceptors (Lipinski definition) is 1. The Kier molecular flexibility index (Phi) is 2.62. The molecular formula is C14H9BFNO. The minimum atomic E-state index is -0.266. The molecule has 0 saturated heterocycles. The van der Waals surface area contributed by atoms with Gasteiger partial charge in [-0.15, -0.1) is 0 Å². The molecule has 1 aliphatic heterocycles. The lowest BCUT2D eigenvalue weighted by atomic mass is 9.56. The van der Waals surface area contributed by atoms with Crippen molar-refractivity contribution in [1.29, 1.82) is 0 Å². The molecule has 0 atom stereocenters. The Labute approximate surface area is 105 Å². The van der Waals surface area contributed by atoms with Crippen LogP contribution in [0.1, 0.15) is 5.56 Å². The second kappa shape index (κ2) is 4.28. The Morgan fingerprint density at radius 3 is 2.94 bits per heavy atom. The van der Waals surface area contributed by atoms with Gasteiger partial charge < -0.3 is 4.65 Å². The highest BCUT2D eigenvalue weighted by molar-refractivity contribution is 6.81. The molecule has 18 heavy (non-hydrogen) atoms. The van der Waals surface area contributed by atoms with Gasteiger partial charge in [0, 0.05) is 0 Å². The van der Waals surface area contributed by atoms with Crippen LogP contribution in [-0.4, -0.2) is 6.92 Å². The van der Waals surface area contributed by atoms with Crippen LogP contribution in [0.5, 0.6) is 0 Å². The first-order valence-corrected chi connectivity index (χ1v) is 5.65. The van der Waals surface area contributed by atoms with E-state index in [2.05, 4.69) is 4.85 Å². The Morgan fingerprint density at radius 2 is 2.11 bits per heavy atom. The molecule has 2 nitrogen and oxygen atoms in total. The lowest BCUT2D eigenvalue weighted by Gasteiger charge is -2.07. The summed E-state index contributed by atoms with van der Waals surface area (Å²) in [5, 5.41) is 0. The summed E-state index contributed by atoms with van der Waals surface area (Å²) in [6, 6.07) is 12.0. The summed E-state index contributed by atoms with van der Waals surface area (Å²) in [6.07, 6.45) is 0. The maximum atomic E-state index is 13.3. The average molecular weight is 237 g/mol. The standard InChI is InChI=1S/C14H9BFNO/c1-17-13-4-2-3-11(7-13)15-14-8-12(16)6-5-10(14)9-18-15/h2-8H,9H2. The van der Waals surface area contributed by atoms with Crippen LogP contribution >= 0.6 is 0 Å². The highest BCUT2D eigenvalue weighted by Crippen LogP contribution is 2.14. The Bertz CT molecular complexity index is 650. The molecule has 4 heteroatoms. The predicted molar refractivity (Wildman–Crippen MR) is 68.9 cm³/mol. The number of halogens is 1. The molecule has 0 N–H and O–H groups in total. The topological polar surface area (TPSA) is 13.6 Å². The van der Waals surface area contributed by atoms with Crippen LogP contribution in [0.3, 0.4) is 0 Å². The van der Waals surface area contributed by atoms with Gasteiger partial charge in [0.15, 0.2) is 5.69 Å². The third-order valence-electron chi connectivity index (χ3n) is 3.10. The van der Waals surface area contributed by atoms with Crippen molar-refractivity contribution in [2.24, 2.45) is 0 Å². The zero-order chi connectivity index (χ0) is 12.5. The number of fused-ring (bicyclic) bond motifs is 1. The molecule has 0 aromatic heterocycles. The highest BCUT2D eigenvalue weighted by Gasteiger charge is 2.30. The average Bonchev–Trinajstić information content (AvgIpc) is 2.81. The minimum absolute atomic E-state index is 0.259. The van der Waals surface area contributed by atoms with Crippen molar-refractivity contribution in [1.82, 2.24) is 0 Å². The molecule has 0 unspecified atom stereocenters. The van der Waals surface area contributed by atoms with Gasteiger partial charge in [0.1, 0.15) is 5.82 Å². The second-order valence-corrected chi connectivity index (χ2v) is 4.24. The molecule has 0 bridgehead atoms. The van der Waals surface area contributed by atoms with E-state index in [0.717, 1.165) is 16.5 Å². The van der Waals surface area contributed by atoms with Crippen LogP contribution in [0.2, 0.25) is 0 Å². The first-order chi connectivity index (χ1) is 8.78. The molecule has 1 heterocycles. The molecule has 0 saturated carbocycles. The van der Waals surface area contributed by atoms with Gasteiger partial charge in [0.2, 0.25) is 0 Å². The fraction of sp³-hybridized carbons (Fsp3) is 0.0714. The van der Waals surface area contributed by atoms with E-state index in [1.54, 1.807) is 18.2 Å². The third-order valence-corrected chi connectivity index (χ3v) is 3.10. The molecule has 3 rings (SSSR count). The quantitative estimate of drug-likeness (QED) is 0.546. The van der Waals surface area contributed by atoms with Crippen LogP contribution in [0.4, 0.5) is 10.1 Å². The smallest absolute Gasteiger partial charge is 0.361 e. The van der Waals surface area contributed by atoms with Crippen molar-refractivity contribution >= 4 is 23.5 Å². The SMILES string of the molecule is [C-]#[N+]c1cccc(B2OCc3ccc(F)cc32)c1. The first kappa shape index (κ1) is 11.0. The van der Waals surface area contributed by atoms with Gasteiger partial charge in [-0.3, -0.25) is 0 Å². The Morgan fingerprint density at radius 1 is 1.22 bits per heavy atom. The summed E-state index contributed by atoms with van der Waals surface area (Å²) in [5.41, 5.74) is 3.33. The zero-order valence-electron chi connectivity index (χ0n) is 9.56. The van der Waals surface area contributed by atoms with E-state index in [-0.39, 0.29) is 12.7 Å². The van der Waals surface area contributed by atoms with Crippen LogP contribution in [0, 0.1) is 12.4 Å². The van der Waals surface area contributed by atoms with Crippen molar-refractivity contribution in [3.05, 3.63) is 65.3 Å². The highest BCUT2D eigenvalue weighted by atomic mass is 19.1. The largest absolute Gasteiger partial charge is 0.423 e. The molecule has 0 radical (unpaired) electrons.